The zero-order valence-electron chi connectivity index (χ0n) is 16.2. The van der Waals surface area contributed by atoms with Gasteiger partial charge in [-0.05, 0) is 36.8 Å². The first-order valence-corrected chi connectivity index (χ1v) is 10.1. The molecule has 150 valence electrons. The van der Waals surface area contributed by atoms with Crippen LogP contribution in [0.25, 0.3) is 11.1 Å². The highest BCUT2D eigenvalue weighted by Crippen LogP contribution is 2.48. The van der Waals surface area contributed by atoms with Crippen molar-refractivity contribution in [3.8, 4) is 11.1 Å². The second kappa shape index (κ2) is 7.11. The van der Waals surface area contributed by atoms with E-state index in [4.69, 9.17) is 15.2 Å². The van der Waals surface area contributed by atoms with E-state index >= 15 is 0 Å². The third-order valence-electron chi connectivity index (χ3n) is 6.16. The van der Waals surface area contributed by atoms with E-state index in [2.05, 4.69) is 39.4 Å². The molecule has 5 rings (SSSR count). The van der Waals surface area contributed by atoms with Crippen molar-refractivity contribution in [1.29, 1.82) is 0 Å². The summed E-state index contributed by atoms with van der Waals surface area (Å²) >= 11 is 0. The number of nitrogen functional groups attached to an aromatic ring is 1. The van der Waals surface area contributed by atoms with Crippen LogP contribution in [0.3, 0.4) is 0 Å². The first-order chi connectivity index (χ1) is 14.1. The molecule has 29 heavy (non-hydrogen) atoms. The van der Waals surface area contributed by atoms with E-state index in [1.807, 2.05) is 4.90 Å². The molecule has 3 N–H and O–H groups in total. The number of piperidine rings is 1. The van der Waals surface area contributed by atoms with Crippen molar-refractivity contribution in [2.24, 2.45) is 0 Å². The fourth-order valence-electron chi connectivity index (χ4n) is 4.31. The van der Waals surface area contributed by atoms with E-state index in [0.29, 0.717) is 12.6 Å². The van der Waals surface area contributed by atoms with Crippen LogP contribution in [0, 0.1) is 0 Å². The minimum Gasteiger partial charge on any atom is -0.391 e. The third-order valence-corrected chi connectivity index (χ3v) is 6.16. The van der Waals surface area contributed by atoms with Gasteiger partial charge in [-0.25, -0.2) is 9.97 Å². The van der Waals surface area contributed by atoms with Crippen LogP contribution in [0.1, 0.15) is 43.5 Å². The van der Waals surface area contributed by atoms with Crippen molar-refractivity contribution in [1.82, 2.24) is 20.1 Å². The van der Waals surface area contributed by atoms with Crippen LogP contribution in [0.4, 0.5) is 12.0 Å². The summed E-state index contributed by atoms with van der Waals surface area (Å²) in [6.45, 7) is 1.39. The summed E-state index contributed by atoms with van der Waals surface area (Å²) in [5, 5.41) is 14.3. The van der Waals surface area contributed by atoms with Gasteiger partial charge in [-0.15, -0.1) is 0 Å². The molecule has 1 unspecified atom stereocenters. The lowest BCUT2D eigenvalue weighted by Gasteiger charge is -2.39. The molecule has 8 nitrogen and oxygen atoms in total. The van der Waals surface area contributed by atoms with Gasteiger partial charge in [0.1, 0.15) is 0 Å². The fraction of sp³-hybridized carbons (Fsp3) is 0.429. The van der Waals surface area contributed by atoms with E-state index in [0.717, 1.165) is 55.6 Å². The first kappa shape index (κ1) is 18.1. The van der Waals surface area contributed by atoms with Crippen LogP contribution in [-0.4, -0.2) is 44.4 Å². The lowest BCUT2D eigenvalue weighted by atomic mass is 9.64. The Hall–Kier alpha value is -3.00. The number of β-amino-alcohol motifs (C(OH)–C–C–N with tert-alkyl or cyclic N) is 1. The average Bonchev–Trinajstić information content (AvgIpc) is 3.19. The second-order valence-electron chi connectivity index (χ2n) is 7.99. The third kappa shape index (κ3) is 3.23. The molecule has 0 amide bonds. The summed E-state index contributed by atoms with van der Waals surface area (Å²) in [4.78, 5) is 14.9. The number of hydrogen-bond donors (Lipinski definition) is 2. The Morgan fingerprint density at radius 3 is 2.48 bits per heavy atom. The average molecular weight is 392 g/mol. The number of rotatable bonds is 4. The summed E-state index contributed by atoms with van der Waals surface area (Å²) in [5.41, 5.74) is 8.54. The van der Waals surface area contributed by atoms with E-state index in [1.54, 1.807) is 12.4 Å². The Bertz CT molecular complexity index is 981. The van der Waals surface area contributed by atoms with Crippen molar-refractivity contribution >= 4 is 12.0 Å². The standard InChI is InChI=1S/C21H24N6O2/c22-19-23-11-15(12-24-19)14-4-6-16(7-5-14)21(8-2-9-21)18-25-20(29-26-18)27-10-1-3-17(28)13-27/h4-7,11-12,17,28H,1-3,8-10,13H2,(H2,22,23,24). The minimum atomic E-state index is -0.332. The Balaban J connectivity index is 1.41. The Morgan fingerprint density at radius 2 is 1.83 bits per heavy atom. The highest BCUT2D eigenvalue weighted by Gasteiger charge is 2.44. The summed E-state index contributed by atoms with van der Waals surface area (Å²) in [6, 6.07) is 8.93. The molecule has 2 fully saturated rings. The van der Waals surface area contributed by atoms with Crippen LogP contribution in [0.2, 0.25) is 0 Å². The van der Waals surface area contributed by atoms with Crippen molar-refractivity contribution in [2.75, 3.05) is 23.7 Å². The number of nitrogens with two attached hydrogens (primary N) is 1. The molecule has 0 bridgehead atoms. The molecule has 1 aliphatic heterocycles. The fourth-order valence-corrected chi connectivity index (χ4v) is 4.31. The van der Waals surface area contributed by atoms with Gasteiger partial charge in [0.2, 0.25) is 5.95 Å². The van der Waals surface area contributed by atoms with Gasteiger partial charge in [0.15, 0.2) is 5.82 Å². The van der Waals surface area contributed by atoms with Crippen LogP contribution >= 0.6 is 0 Å². The highest BCUT2D eigenvalue weighted by molar-refractivity contribution is 5.62. The van der Waals surface area contributed by atoms with Gasteiger partial charge in [-0.1, -0.05) is 35.8 Å². The van der Waals surface area contributed by atoms with Crippen LogP contribution in [0.5, 0.6) is 0 Å². The number of benzene rings is 1. The SMILES string of the molecule is Nc1ncc(-c2ccc(C3(c4noc(N5CCCC(O)C5)n4)CCC3)cc2)cn1. The van der Waals surface area contributed by atoms with Gasteiger partial charge in [0, 0.05) is 31.0 Å². The number of aliphatic hydroxyl groups is 1. The van der Waals surface area contributed by atoms with Crippen molar-refractivity contribution in [3.63, 3.8) is 0 Å². The van der Waals surface area contributed by atoms with E-state index in [1.165, 1.54) is 5.56 Å². The zero-order chi connectivity index (χ0) is 19.8. The van der Waals surface area contributed by atoms with Gasteiger partial charge in [0.05, 0.1) is 11.5 Å². The number of hydrogen-bond acceptors (Lipinski definition) is 8. The molecule has 1 saturated heterocycles. The predicted octanol–water partition coefficient (Wildman–Crippen LogP) is 2.54. The van der Waals surface area contributed by atoms with Crippen LogP contribution < -0.4 is 10.6 Å². The lowest BCUT2D eigenvalue weighted by Crippen LogP contribution is -2.39. The molecule has 1 saturated carbocycles. The molecular formula is C21H24N6O2. The maximum Gasteiger partial charge on any atom is 0.324 e. The summed E-state index contributed by atoms with van der Waals surface area (Å²) in [7, 11) is 0. The molecule has 2 aromatic heterocycles. The molecule has 1 atom stereocenters. The minimum absolute atomic E-state index is 0.202. The smallest absolute Gasteiger partial charge is 0.324 e. The van der Waals surface area contributed by atoms with Gasteiger partial charge >= 0.3 is 6.01 Å². The molecule has 1 aromatic carbocycles. The molecule has 8 heteroatoms. The quantitative estimate of drug-likeness (QED) is 0.696. The van der Waals surface area contributed by atoms with Gasteiger partial charge in [-0.2, -0.15) is 4.98 Å². The lowest BCUT2D eigenvalue weighted by molar-refractivity contribution is 0.151. The second-order valence-corrected chi connectivity index (χ2v) is 7.99. The summed E-state index contributed by atoms with van der Waals surface area (Å²) < 4.78 is 5.59. The molecule has 0 radical (unpaired) electrons. The van der Waals surface area contributed by atoms with Crippen LogP contribution in [0.15, 0.2) is 41.2 Å². The van der Waals surface area contributed by atoms with Crippen LogP contribution in [-0.2, 0) is 5.41 Å². The molecular weight excluding hydrogens is 368 g/mol. The topological polar surface area (TPSA) is 114 Å². The van der Waals surface area contributed by atoms with E-state index < -0.39 is 0 Å². The van der Waals surface area contributed by atoms with Crippen molar-refractivity contribution in [2.45, 2.75) is 43.6 Å². The van der Waals surface area contributed by atoms with Gasteiger partial charge in [-0.3, -0.25) is 0 Å². The maximum atomic E-state index is 9.93. The highest BCUT2D eigenvalue weighted by atomic mass is 16.5. The summed E-state index contributed by atoms with van der Waals surface area (Å²) in [5.74, 6) is 1.01. The molecule has 0 spiro atoms. The van der Waals surface area contributed by atoms with E-state index in [-0.39, 0.29) is 17.5 Å². The predicted molar refractivity (Wildman–Crippen MR) is 108 cm³/mol. The monoisotopic (exact) mass is 392 g/mol. The molecule has 2 aliphatic rings. The number of anilines is 2. The van der Waals surface area contributed by atoms with Crippen molar-refractivity contribution in [3.05, 3.63) is 48.0 Å². The molecule has 1 aliphatic carbocycles. The number of aromatic nitrogens is 4. The molecule has 3 heterocycles. The molecule has 3 aromatic rings. The largest absolute Gasteiger partial charge is 0.391 e. The summed E-state index contributed by atoms with van der Waals surface area (Å²) in [6.07, 6.45) is 8.02. The van der Waals surface area contributed by atoms with Crippen molar-refractivity contribution < 1.29 is 9.63 Å². The normalized spacial score (nSPS) is 21.0. The van der Waals surface area contributed by atoms with E-state index in [9.17, 15) is 5.11 Å². The Morgan fingerprint density at radius 1 is 1.07 bits per heavy atom. The number of nitrogens with zero attached hydrogens (tertiary/aromatic N) is 5. The zero-order valence-corrected chi connectivity index (χ0v) is 16.2. The maximum absolute atomic E-state index is 9.93. The van der Waals surface area contributed by atoms with Gasteiger partial charge < -0.3 is 20.3 Å². The first-order valence-electron chi connectivity index (χ1n) is 10.1. The Labute approximate surface area is 168 Å². The number of aliphatic hydroxyl groups excluding tert-OH is 1. The Kier molecular flexibility index (Phi) is 4.43. The van der Waals surface area contributed by atoms with Gasteiger partial charge in [0.25, 0.3) is 0 Å².